The largest absolute Gasteiger partial charge is 0.469 e. The van der Waals surface area contributed by atoms with Gasteiger partial charge in [0, 0.05) is 12.8 Å². The molecule has 3 N–H and O–H groups in total. The zero-order valence-electron chi connectivity index (χ0n) is 32.5. The predicted molar refractivity (Wildman–Crippen MR) is 217 cm³/mol. The van der Waals surface area contributed by atoms with Crippen molar-refractivity contribution in [2.45, 2.75) is 148 Å². The Morgan fingerprint density at radius 1 is 0.604 bits per heavy atom. The van der Waals surface area contributed by atoms with Crippen molar-refractivity contribution in [3.63, 3.8) is 0 Å². The van der Waals surface area contributed by atoms with E-state index in [0.29, 0.717) is 19.3 Å². The minimum atomic E-state index is -4.80. The Hall–Kier alpha value is -3.07. The second kappa shape index (κ2) is 37.3. The van der Waals surface area contributed by atoms with Crippen molar-refractivity contribution < 1.29 is 43.0 Å². The highest BCUT2D eigenvalue weighted by Gasteiger charge is 2.22. The Morgan fingerprint density at radius 2 is 1.17 bits per heavy atom. The molecule has 1 unspecified atom stereocenters. The van der Waals surface area contributed by atoms with Crippen LogP contribution >= 0.6 is 7.82 Å². The fourth-order valence-electron chi connectivity index (χ4n) is 4.75. The second-order valence-corrected chi connectivity index (χ2v) is 14.0. The number of esters is 2. The molecule has 0 heterocycles. The average molecular weight is 761 g/mol. The third-order valence-electron chi connectivity index (χ3n) is 7.68. The maximum Gasteiger partial charge on any atom is 0.469 e. The van der Waals surface area contributed by atoms with E-state index in [1.807, 2.05) is 12.2 Å². The van der Waals surface area contributed by atoms with Crippen LogP contribution in [0.1, 0.15) is 136 Å². The smallest absolute Gasteiger partial charge is 0.462 e. The molecule has 0 rings (SSSR count). The summed E-state index contributed by atoms with van der Waals surface area (Å²) >= 11 is 0. The highest BCUT2D eigenvalue weighted by atomic mass is 31.2. The van der Waals surface area contributed by atoms with E-state index >= 15 is 0 Å². The summed E-state index contributed by atoms with van der Waals surface area (Å²) in [5, 5.41) is 10.1. The Kier molecular flexibility index (Phi) is 35.1. The summed E-state index contributed by atoms with van der Waals surface area (Å²) in [6, 6.07) is 0. The number of unbranched alkanes of at least 4 members (excludes halogenated alkanes) is 8. The van der Waals surface area contributed by atoms with E-state index in [1.54, 1.807) is 24.3 Å². The van der Waals surface area contributed by atoms with E-state index < -0.39 is 38.6 Å². The third kappa shape index (κ3) is 40.0. The molecule has 53 heavy (non-hydrogen) atoms. The molecule has 0 spiro atoms. The Morgan fingerprint density at radius 3 is 1.81 bits per heavy atom. The monoisotopic (exact) mass is 760 g/mol. The molecular weight excluding hydrogens is 691 g/mol. The zero-order valence-corrected chi connectivity index (χ0v) is 33.4. The van der Waals surface area contributed by atoms with Crippen LogP contribution in [0.5, 0.6) is 0 Å². The van der Waals surface area contributed by atoms with Gasteiger partial charge >= 0.3 is 19.8 Å². The Bertz CT molecular complexity index is 1190. The van der Waals surface area contributed by atoms with Crippen molar-refractivity contribution in [2.24, 2.45) is 0 Å². The van der Waals surface area contributed by atoms with E-state index in [0.717, 1.165) is 70.6 Å². The van der Waals surface area contributed by atoms with Crippen LogP contribution < -0.4 is 0 Å². The topological polar surface area (TPSA) is 140 Å². The standard InChI is InChI=1S/C43H69O9P/c1-3-5-7-9-11-13-15-17-18-20-22-24-26-28-32-37-43(46)52-41(39-51-53(47,48)49)38-50-42(45)36-33-29-31-35-40(44)34-30-27-25-23-21-19-16-14-12-10-8-6-4-2/h6,8,11-14,17-19,21,25,27,29-31,34,40-41,44H,3-5,7,9-10,15-16,20,22-24,26,28,32-33,35-39H2,1-2H3,(H2,47,48,49)/b8-6-,13-11-,14-12-,18-17-,21-19-,27-25-,31-29-,34-30-/t40?,41-/m1/s1. The zero-order chi connectivity index (χ0) is 39.1. The second-order valence-electron chi connectivity index (χ2n) is 12.7. The maximum atomic E-state index is 12.4. The van der Waals surface area contributed by atoms with Crippen LogP contribution in [0.3, 0.4) is 0 Å². The third-order valence-corrected chi connectivity index (χ3v) is 8.17. The Labute approximate surface area is 320 Å². The first-order valence-corrected chi connectivity index (χ1v) is 21.2. The van der Waals surface area contributed by atoms with Gasteiger partial charge in [-0.05, 0) is 77.0 Å². The van der Waals surface area contributed by atoms with Gasteiger partial charge in [0.25, 0.3) is 0 Å². The number of ether oxygens (including phenoxy) is 2. The minimum absolute atomic E-state index is 0.0520. The molecule has 0 saturated carbocycles. The summed E-state index contributed by atoms with van der Waals surface area (Å²) in [5.74, 6) is -1.09. The van der Waals surface area contributed by atoms with E-state index in [1.165, 1.54) is 19.3 Å². The van der Waals surface area contributed by atoms with Gasteiger partial charge in [0.2, 0.25) is 0 Å². The molecule has 9 nitrogen and oxygen atoms in total. The fraction of sp³-hybridized carbons (Fsp3) is 0.581. The number of rotatable bonds is 34. The number of carbonyl (C=O) groups excluding carboxylic acids is 2. The molecule has 0 aromatic rings. The average Bonchev–Trinajstić information content (AvgIpc) is 3.12. The molecule has 0 saturated heterocycles. The molecular formula is C43H69O9P. The summed E-state index contributed by atoms with van der Waals surface area (Å²) < 4.78 is 26.2. The first-order valence-electron chi connectivity index (χ1n) is 19.6. The number of aliphatic hydroxyl groups excluding tert-OH is 1. The van der Waals surface area contributed by atoms with Crippen LogP contribution in [0.15, 0.2) is 97.2 Å². The number of carbonyl (C=O) groups is 2. The molecule has 0 aliphatic carbocycles. The van der Waals surface area contributed by atoms with Gasteiger partial charge in [0.05, 0.1) is 12.7 Å². The van der Waals surface area contributed by atoms with Crippen LogP contribution in [0, 0.1) is 0 Å². The van der Waals surface area contributed by atoms with Gasteiger partial charge in [-0.1, -0.05) is 143 Å². The van der Waals surface area contributed by atoms with E-state index in [2.05, 4.69) is 79.1 Å². The quantitative estimate of drug-likeness (QED) is 0.0192. The maximum absolute atomic E-state index is 12.4. The lowest BCUT2D eigenvalue weighted by atomic mass is 10.1. The first-order chi connectivity index (χ1) is 25.7. The van der Waals surface area contributed by atoms with Crippen LogP contribution in [0.4, 0.5) is 0 Å². The number of allylic oxidation sites excluding steroid dienone is 14. The predicted octanol–water partition coefficient (Wildman–Crippen LogP) is 10.8. The molecule has 0 amide bonds. The number of hydrogen-bond donors (Lipinski definition) is 3. The number of aliphatic hydroxyl groups is 1. The number of phosphoric acid groups is 1. The SMILES string of the molecule is CC/C=C\C/C=C\C/C=C\C/C=C\C=C/C(O)C/C=C\CCC(=O)OC[C@H](COP(=O)(O)O)OC(=O)CCCCCCC/C=C\C/C=C\CCCCC. The summed E-state index contributed by atoms with van der Waals surface area (Å²) in [5.41, 5.74) is 0. The van der Waals surface area contributed by atoms with Crippen molar-refractivity contribution >= 4 is 19.8 Å². The molecule has 0 aliphatic heterocycles. The molecule has 10 heteroatoms. The normalized spacial score (nSPS) is 14.1. The first kappa shape index (κ1) is 49.9. The molecule has 2 atom stereocenters. The van der Waals surface area contributed by atoms with Gasteiger partial charge in [0.1, 0.15) is 6.61 Å². The Balaban J connectivity index is 4.23. The number of hydrogen-bond acceptors (Lipinski definition) is 7. The lowest BCUT2D eigenvalue weighted by Gasteiger charge is -2.18. The molecule has 0 aromatic heterocycles. The van der Waals surface area contributed by atoms with E-state index in [-0.39, 0.29) is 19.4 Å². The van der Waals surface area contributed by atoms with Crippen molar-refractivity contribution in [1.82, 2.24) is 0 Å². The minimum Gasteiger partial charge on any atom is -0.462 e. The molecule has 0 bridgehead atoms. The van der Waals surface area contributed by atoms with E-state index in [4.69, 9.17) is 19.3 Å². The molecule has 0 aromatic carbocycles. The molecule has 0 fully saturated rings. The molecule has 300 valence electrons. The molecule has 0 radical (unpaired) electrons. The number of phosphoric ester groups is 1. The van der Waals surface area contributed by atoms with Crippen LogP contribution in [0.25, 0.3) is 0 Å². The van der Waals surface area contributed by atoms with E-state index in [9.17, 15) is 19.3 Å². The summed E-state index contributed by atoms with van der Waals surface area (Å²) in [6.45, 7) is 3.36. The highest BCUT2D eigenvalue weighted by Crippen LogP contribution is 2.36. The summed E-state index contributed by atoms with van der Waals surface area (Å²) in [6.07, 6.45) is 47.3. The van der Waals surface area contributed by atoms with Crippen LogP contribution in [-0.2, 0) is 28.2 Å². The lowest BCUT2D eigenvalue weighted by Crippen LogP contribution is -2.29. The highest BCUT2D eigenvalue weighted by molar-refractivity contribution is 7.46. The van der Waals surface area contributed by atoms with Gasteiger partial charge < -0.3 is 24.4 Å². The summed E-state index contributed by atoms with van der Waals surface area (Å²) in [7, 11) is -4.80. The van der Waals surface area contributed by atoms with Crippen molar-refractivity contribution in [3.8, 4) is 0 Å². The van der Waals surface area contributed by atoms with Crippen LogP contribution in [0.2, 0.25) is 0 Å². The lowest BCUT2D eigenvalue weighted by molar-refractivity contribution is -0.161. The summed E-state index contributed by atoms with van der Waals surface area (Å²) in [4.78, 5) is 42.7. The molecule has 0 aliphatic rings. The van der Waals surface area contributed by atoms with Crippen molar-refractivity contribution in [3.05, 3.63) is 97.2 Å². The van der Waals surface area contributed by atoms with Crippen molar-refractivity contribution in [2.75, 3.05) is 13.2 Å². The van der Waals surface area contributed by atoms with Gasteiger partial charge in [-0.15, -0.1) is 0 Å². The van der Waals surface area contributed by atoms with Gasteiger partial charge in [-0.3, -0.25) is 14.1 Å². The van der Waals surface area contributed by atoms with Gasteiger partial charge in [-0.2, -0.15) is 0 Å². The van der Waals surface area contributed by atoms with Gasteiger partial charge in [-0.25, -0.2) is 4.57 Å². The van der Waals surface area contributed by atoms with Gasteiger partial charge in [0.15, 0.2) is 6.10 Å². The fourth-order valence-corrected chi connectivity index (χ4v) is 5.11. The van der Waals surface area contributed by atoms with Crippen molar-refractivity contribution in [1.29, 1.82) is 0 Å². The van der Waals surface area contributed by atoms with Crippen LogP contribution in [-0.4, -0.2) is 52.3 Å².